The molecule has 0 heterocycles. The molecule has 0 aliphatic heterocycles. The molecule has 6 aromatic carbocycles. The highest BCUT2D eigenvalue weighted by Gasteiger charge is 2.09. The van der Waals surface area contributed by atoms with Gasteiger partial charge in [-0.25, -0.2) is 0 Å². The zero-order valence-electron chi connectivity index (χ0n) is 22.7. The van der Waals surface area contributed by atoms with Crippen molar-refractivity contribution in [1.29, 1.82) is 0 Å². The molecule has 0 spiro atoms. The lowest BCUT2D eigenvalue weighted by molar-refractivity contribution is -0.118. The molecule has 6 heteroatoms. The van der Waals surface area contributed by atoms with E-state index in [-0.39, 0.29) is 25.0 Å². The van der Waals surface area contributed by atoms with Gasteiger partial charge in [-0.2, -0.15) is 0 Å². The second kappa shape index (κ2) is 12.3. The fourth-order valence-electron chi connectivity index (χ4n) is 4.82. The maximum absolute atomic E-state index is 12.5. The van der Waals surface area contributed by atoms with Crippen molar-refractivity contribution in [3.8, 4) is 22.6 Å². The van der Waals surface area contributed by atoms with Gasteiger partial charge in [-0.3, -0.25) is 9.59 Å². The number of fused-ring (bicyclic) bond motifs is 2. The Balaban J connectivity index is 1.00. The van der Waals surface area contributed by atoms with Gasteiger partial charge in [0.1, 0.15) is 11.5 Å². The quantitative estimate of drug-likeness (QED) is 0.193. The van der Waals surface area contributed by atoms with Crippen LogP contribution in [0.25, 0.3) is 32.7 Å². The molecule has 2 amide bonds. The van der Waals surface area contributed by atoms with E-state index < -0.39 is 0 Å². The summed E-state index contributed by atoms with van der Waals surface area (Å²) in [6.45, 7) is -0.175. The second-order valence-electron chi connectivity index (χ2n) is 9.78. The summed E-state index contributed by atoms with van der Waals surface area (Å²) in [4.78, 5) is 25.0. The number of carbonyl (C=O) groups excluding carboxylic acids is 2. The lowest BCUT2D eigenvalue weighted by Crippen LogP contribution is -2.20. The third kappa shape index (κ3) is 6.24. The zero-order chi connectivity index (χ0) is 28.7. The average Bonchev–Trinajstić information content (AvgIpc) is 3.03. The predicted octanol–water partition coefficient (Wildman–Crippen LogP) is 7.70. The first-order valence-corrected chi connectivity index (χ1v) is 13.6. The smallest absolute Gasteiger partial charge is 0.262 e. The monoisotopic (exact) mass is 552 g/mol. The van der Waals surface area contributed by atoms with Gasteiger partial charge in [0.25, 0.3) is 11.8 Å². The van der Waals surface area contributed by atoms with E-state index in [1.807, 2.05) is 133 Å². The van der Waals surface area contributed by atoms with Crippen LogP contribution in [0.4, 0.5) is 11.4 Å². The van der Waals surface area contributed by atoms with Crippen molar-refractivity contribution in [2.45, 2.75) is 0 Å². The summed E-state index contributed by atoms with van der Waals surface area (Å²) in [5.41, 5.74) is 3.33. The van der Waals surface area contributed by atoms with E-state index in [2.05, 4.69) is 10.6 Å². The van der Waals surface area contributed by atoms with Crippen LogP contribution >= 0.6 is 0 Å². The van der Waals surface area contributed by atoms with E-state index >= 15 is 0 Å². The lowest BCUT2D eigenvalue weighted by Gasteiger charge is -2.11. The zero-order valence-corrected chi connectivity index (χ0v) is 22.7. The molecule has 0 unspecified atom stereocenters. The van der Waals surface area contributed by atoms with E-state index in [9.17, 15) is 9.59 Å². The van der Waals surface area contributed by atoms with Crippen LogP contribution in [0.15, 0.2) is 133 Å². The van der Waals surface area contributed by atoms with E-state index in [1.54, 1.807) is 0 Å². The molecule has 6 rings (SSSR count). The molecule has 0 saturated heterocycles. The highest BCUT2D eigenvalue weighted by molar-refractivity contribution is 5.94. The fraction of sp³-hybridized carbons (Fsp3) is 0.0556. The lowest BCUT2D eigenvalue weighted by atomic mass is 10.0. The number of hydrogen-bond donors (Lipinski definition) is 2. The summed E-state index contributed by atoms with van der Waals surface area (Å²) < 4.78 is 11.6. The second-order valence-corrected chi connectivity index (χ2v) is 9.78. The minimum atomic E-state index is -0.236. The van der Waals surface area contributed by atoms with Crippen LogP contribution < -0.4 is 20.1 Å². The summed E-state index contributed by atoms with van der Waals surface area (Å²) in [5, 5.41) is 9.82. The molecule has 0 aliphatic rings. The van der Waals surface area contributed by atoms with Gasteiger partial charge in [0.05, 0.1) is 0 Å². The van der Waals surface area contributed by atoms with Gasteiger partial charge in [-0.15, -0.1) is 0 Å². The summed E-state index contributed by atoms with van der Waals surface area (Å²) in [5.74, 6) is 0.881. The van der Waals surface area contributed by atoms with Gasteiger partial charge in [0, 0.05) is 22.1 Å². The van der Waals surface area contributed by atoms with Crippen LogP contribution in [0.1, 0.15) is 0 Å². The Kier molecular flexibility index (Phi) is 7.77. The van der Waals surface area contributed by atoms with Crippen molar-refractivity contribution in [1.82, 2.24) is 0 Å². The van der Waals surface area contributed by atoms with Crippen molar-refractivity contribution >= 4 is 44.7 Å². The molecule has 0 radical (unpaired) electrons. The molecule has 0 bridgehead atoms. The SMILES string of the molecule is O=C(COc1cccc2ccccc12)Nc1ccc(-c2ccc(NC(=O)COc3cccc4ccccc34)cc2)cc1. The Morgan fingerprint density at radius 3 is 1.26 bits per heavy atom. The van der Waals surface area contributed by atoms with Gasteiger partial charge < -0.3 is 20.1 Å². The molecule has 6 aromatic rings. The highest BCUT2D eigenvalue weighted by Crippen LogP contribution is 2.27. The Bertz CT molecular complexity index is 1720. The summed E-state index contributed by atoms with van der Waals surface area (Å²) in [7, 11) is 0. The van der Waals surface area contributed by atoms with Gasteiger partial charge in [0.15, 0.2) is 13.2 Å². The molecule has 0 aromatic heterocycles. The first-order chi connectivity index (χ1) is 20.6. The van der Waals surface area contributed by atoms with E-state index in [0.717, 1.165) is 32.7 Å². The van der Waals surface area contributed by atoms with Crippen molar-refractivity contribution in [3.05, 3.63) is 133 Å². The normalized spacial score (nSPS) is 10.8. The molecule has 0 saturated carbocycles. The molecule has 2 N–H and O–H groups in total. The van der Waals surface area contributed by atoms with Crippen molar-refractivity contribution in [2.24, 2.45) is 0 Å². The fourth-order valence-corrected chi connectivity index (χ4v) is 4.82. The third-order valence-corrected chi connectivity index (χ3v) is 6.89. The maximum Gasteiger partial charge on any atom is 0.262 e. The molecular weight excluding hydrogens is 524 g/mol. The van der Waals surface area contributed by atoms with E-state index in [1.165, 1.54) is 0 Å². The number of carbonyl (C=O) groups is 2. The average molecular weight is 553 g/mol. The van der Waals surface area contributed by atoms with Gasteiger partial charge in [-0.05, 0) is 58.3 Å². The highest BCUT2D eigenvalue weighted by atomic mass is 16.5. The van der Waals surface area contributed by atoms with Crippen LogP contribution in [-0.4, -0.2) is 25.0 Å². The number of amides is 2. The molecule has 0 fully saturated rings. The van der Waals surface area contributed by atoms with Crippen molar-refractivity contribution in [2.75, 3.05) is 23.8 Å². The summed E-state index contributed by atoms with van der Waals surface area (Å²) in [6.07, 6.45) is 0. The first-order valence-electron chi connectivity index (χ1n) is 13.6. The number of ether oxygens (including phenoxy) is 2. The van der Waals surface area contributed by atoms with Crippen LogP contribution in [0.3, 0.4) is 0 Å². The van der Waals surface area contributed by atoms with Gasteiger partial charge in [0.2, 0.25) is 0 Å². The largest absolute Gasteiger partial charge is 0.483 e. The topological polar surface area (TPSA) is 76.7 Å². The summed E-state index contributed by atoms with van der Waals surface area (Å²) in [6, 6.07) is 42.5. The Labute approximate surface area is 243 Å². The van der Waals surface area contributed by atoms with E-state index in [4.69, 9.17) is 9.47 Å². The number of anilines is 2. The number of rotatable bonds is 9. The number of benzene rings is 6. The molecule has 0 aliphatic carbocycles. The molecular formula is C36H28N2O4. The van der Waals surface area contributed by atoms with Crippen molar-refractivity contribution in [3.63, 3.8) is 0 Å². The third-order valence-electron chi connectivity index (χ3n) is 6.89. The van der Waals surface area contributed by atoms with Gasteiger partial charge in [-0.1, -0.05) is 97.1 Å². The van der Waals surface area contributed by atoms with E-state index in [0.29, 0.717) is 22.9 Å². The van der Waals surface area contributed by atoms with Crippen LogP contribution in [0, 0.1) is 0 Å². The Morgan fingerprint density at radius 1 is 0.452 bits per heavy atom. The standard InChI is InChI=1S/C36H28N2O4/c39-35(23-41-33-13-5-9-27-7-1-3-11-31(27)33)37-29-19-15-25(16-20-29)26-17-21-30(22-18-26)38-36(40)24-42-34-14-6-10-28-8-2-4-12-32(28)34/h1-22H,23-24H2,(H,37,39)(H,38,40). The molecule has 6 nitrogen and oxygen atoms in total. The first kappa shape index (κ1) is 26.6. The Morgan fingerprint density at radius 2 is 0.833 bits per heavy atom. The number of nitrogens with one attached hydrogen (secondary N) is 2. The maximum atomic E-state index is 12.5. The predicted molar refractivity (Wildman–Crippen MR) is 168 cm³/mol. The van der Waals surface area contributed by atoms with Crippen LogP contribution in [0.2, 0.25) is 0 Å². The van der Waals surface area contributed by atoms with Crippen LogP contribution in [0.5, 0.6) is 11.5 Å². The van der Waals surface area contributed by atoms with Crippen molar-refractivity contribution < 1.29 is 19.1 Å². The molecule has 0 atom stereocenters. The minimum Gasteiger partial charge on any atom is -0.483 e. The number of hydrogen-bond acceptors (Lipinski definition) is 4. The van der Waals surface area contributed by atoms with Gasteiger partial charge >= 0.3 is 0 Å². The molecule has 42 heavy (non-hydrogen) atoms. The minimum absolute atomic E-state index is 0.0874. The molecule has 206 valence electrons. The van der Waals surface area contributed by atoms with Crippen LogP contribution in [-0.2, 0) is 9.59 Å². The summed E-state index contributed by atoms with van der Waals surface area (Å²) >= 11 is 0. The Hall–Kier alpha value is -5.62.